The van der Waals surface area contributed by atoms with E-state index in [0.717, 1.165) is 12.0 Å². The van der Waals surface area contributed by atoms with Gasteiger partial charge in [0.15, 0.2) is 0 Å². The van der Waals surface area contributed by atoms with E-state index in [1.54, 1.807) is 11.1 Å². The highest BCUT2D eigenvalue weighted by atomic mass is 32.2. The number of likely N-dealkylation sites (tertiary alicyclic amines) is 1. The number of hydrogen-bond donors (Lipinski definition) is 0. The number of fused-ring (bicyclic) bond motifs is 1. The Kier molecular flexibility index (Phi) is 3.15. The Labute approximate surface area is 127 Å². The predicted octanol–water partition coefficient (Wildman–Crippen LogP) is 4.10. The quantitative estimate of drug-likeness (QED) is 0.716. The van der Waals surface area contributed by atoms with E-state index in [1.807, 2.05) is 11.8 Å². The Hall–Kier alpha value is -0.470. The lowest BCUT2D eigenvalue weighted by atomic mass is 9.52. The van der Waals surface area contributed by atoms with Crippen molar-refractivity contribution in [2.24, 2.45) is 5.92 Å². The van der Waals surface area contributed by atoms with Crippen molar-refractivity contribution in [3.63, 3.8) is 0 Å². The number of thioether (sulfide) groups is 1. The molecule has 1 nitrogen and oxygen atoms in total. The predicted molar refractivity (Wildman–Crippen MR) is 86.6 cm³/mol. The Morgan fingerprint density at radius 2 is 2.15 bits per heavy atom. The normalized spacial score (nSPS) is 36.3. The van der Waals surface area contributed by atoms with E-state index in [4.69, 9.17) is 0 Å². The Morgan fingerprint density at radius 3 is 3.00 bits per heavy atom. The summed E-state index contributed by atoms with van der Waals surface area (Å²) in [7, 11) is 2.35. The number of nitrogens with zero attached hydrogens (tertiary/aromatic N) is 1. The van der Waals surface area contributed by atoms with Crippen LogP contribution in [0.1, 0.15) is 43.2 Å². The highest BCUT2D eigenvalue weighted by molar-refractivity contribution is 7.98. The summed E-state index contributed by atoms with van der Waals surface area (Å²) in [5.41, 5.74) is 3.91. The molecule has 2 heteroatoms. The summed E-state index contributed by atoms with van der Waals surface area (Å²) < 4.78 is 0. The molecule has 2 aliphatic carbocycles. The third kappa shape index (κ3) is 1.74. The highest BCUT2D eigenvalue weighted by Crippen LogP contribution is 2.55. The number of piperidine rings is 1. The molecular formula is C18H25NS. The molecule has 2 fully saturated rings. The van der Waals surface area contributed by atoms with Gasteiger partial charge in [0.25, 0.3) is 0 Å². The van der Waals surface area contributed by atoms with Crippen LogP contribution in [-0.4, -0.2) is 30.8 Å². The lowest BCUT2D eigenvalue weighted by Gasteiger charge is -2.58. The lowest BCUT2D eigenvalue weighted by molar-refractivity contribution is 0.00272. The Balaban J connectivity index is 1.88. The van der Waals surface area contributed by atoms with E-state index in [9.17, 15) is 0 Å². The summed E-state index contributed by atoms with van der Waals surface area (Å²) in [4.78, 5) is 4.11. The van der Waals surface area contributed by atoms with Crippen LogP contribution in [0.4, 0.5) is 0 Å². The molecule has 1 aliphatic heterocycles. The lowest BCUT2D eigenvalue weighted by Crippen LogP contribution is -2.59. The molecule has 0 unspecified atom stereocenters. The van der Waals surface area contributed by atoms with Gasteiger partial charge < -0.3 is 4.90 Å². The number of hydrogen-bond acceptors (Lipinski definition) is 2. The first-order valence-corrected chi connectivity index (χ1v) is 9.35. The van der Waals surface area contributed by atoms with Crippen LogP contribution in [-0.2, 0) is 11.8 Å². The first-order chi connectivity index (χ1) is 9.74. The molecule has 1 saturated carbocycles. The van der Waals surface area contributed by atoms with Gasteiger partial charge in [-0.3, -0.25) is 0 Å². The van der Waals surface area contributed by atoms with Gasteiger partial charge in [0.05, 0.1) is 0 Å². The van der Waals surface area contributed by atoms with Crippen molar-refractivity contribution in [3.8, 4) is 0 Å². The van der Waals surface area contributed by atoms with E-state index in [2.05, 4.69) is 36.4 Å². The monoisotopic (exact) mass is 287 g/mol. The molecule has 2 bridgehead atoms. The molecule has 108 valence electrons. The van der Waals surface area contributed by atoms with E-state index >= 15 is 0 Å². The Bertz CT molecular complexity index is 526. The van der Waals surface area contributed by atoms with Gasteiger partial charge in [-0.05, 0) is 74.7 Å². The van der Waals surface area contributed by atoms with Gasteiger partial charge in [-0.25, -0.2) is 0 Å². The van der Waals surface area contributed by atoms with Crippen molar-refractivity contribution in [1.29, 1.82) is 0 Å². The van der Waals surface area contributed by atoms with Gasteiger partial charge in [-0.15, -0.1) is 11.8 Å². The van der Waals surface area contributed by atoms with E-state index in [1.165, 1.54) is 50.0 Å². The summed E-state index contributed by atoms with van der Waals surface area (Å²) in [5, 5.41) is 0. The molecule has 0 aromatic heterocycles. The zero-order valence-corrected chi connectivity index (χ0v) is 13.5. The van der Waals surface area contributed by atoms with Crippen molar-refractivity contribution in [2.45, 2.75) is 54.9 Å². The molecule has 0 radical (unpaired) electrons. The van der Waals surface area contributed by atoms with Crippen molar-refractivity contribution in [1.82, 2.24) is 4.90 Å². The molecule has 1 aromatic carbocycles. The molecule has 0 spiro atoms. The largest absolute Gasteiger partial charge is 0.303 e. The standard InChI is InChI=1S/C18H25NS/c1-19-10-9-18-8-4-3-5-15(18)17(19)11-13-6-7-14(20-2)12-16(13)18/h6-7,12,15,17H,3-5,8-11H2,1-2H3/t15-,17-,18-/m1/s1. The fourth-order valence-corrected chi connectivity index (χ4v) is 5.74. The number of likely N-dealkylation sites (N-methyl/N-ethyl adjacent to an activating group) is 1. The van der Waals surface area contributed by atoms with Crippen molar-refractivity contribution >= 4 is 11.8 Å². The summed E-state index contributed by atoms with van der Waals surface area (Å²) in [6, 6.07) is 8.11. The van der Waals surface area contributed by atoms with Crippen LogP contribution in [0.3, 0.4) is 0 Å². The van der Waals surface area contributed by atoms with E-state index in [0.29, 0.717) is 5.41 Å². The van der Waals surface area contributed by atoms with Gasteiger partial charge in [-0.2, -0.15) is 0 Å². The first kappa shape index (κ1) is 13.2. The molecule has 3 aliphatic rings. The maximum absolute atomic E-state index is 2.65. The van der Waals surface area contributed by atoms with E-state index < -0.39 is 0 Å². The SMILES string of the molecule is CSc1ccc2c(c1)[C@@]13CCCC[C@@H]1[C@@H](C2)N(C)CC3. The van der Waals surface area contributed by atoms with E-state index in [-0.39, 0.29) is 0 Å². The minimum atomic E-state index is 0.523. The summed E-state index contributed by atoms with van der Waals surface area (Å²) in [6.45, 7) is 1.30. The number of benzene rings is 1. The molecule has 1 heterocycles. The average molecular weight is 287 g/mol. The van der Waals surface area contributed by atoms with Crippen LogP contribution in [0.25, 0.3) is 0 Å². The van der Waals surface area contributed by atoms with Crippen LogP contribution in [0.2, 0.25) is 0 Å². The zero-order chi connectivity index (χ0) is 13.7. The Morgan fingerprint density at radius 1 is 1.25 bits per heavy atom. The third-order valence-corrected chi connectivity index (χ3v) is 7.05. The van der Waals surface area contributed by atoms with Crippen molar-refractivity contribution in [3.05, 3.63) is 29.3 Å². The first-order valence-electron chi connectivity index (χ1n) is 8.12. The van der Waals surface area contributed by atoms with Gasteiger partial charge in [-0.1, -0.05) is 18.9 Å². The second-order valence-corrected chi connectivity index (χ2v) is 7.91. The smallest absolute Gasteiger partial charge is 0.0169 e. The van der Waals surface area contributed by atoms with Gasteiger partial charge in [0.2, 0.25) is 0 Å². The fourth-order valence-electron chi connectivity index (χ4n) is 5.30. The van der Waals surface area contributed by atoms with Crippen LogP contribution < -0.4 is 0 Å². The highest BCUT2D eigenvalue weighted by Gasteiger charge is 2.52. The molecule has 3 atom stereocenters. The van der Waals surface area contributed by atoms with Gasteiger partial charge in [0, 0.05) is 16.4 Å². The van der Waals surface area contributed by atoms with Crippen molar-refractivity contribution < 1.29 is 0 Å². The fraction of sp³-hybridized carbons (Fsp3) is 0.667. The number of rotatable bonds is 1. The van der Waals surface area contributed by atoms with Crippen LogP contribution >= 0.6 is 11.8 Å². The van der Waals surface area contributed by atoms with Gasteiger partial charge >= 0.3 is 0 Å². The minimum absolute atomic E-state index is 0.523. The van der Waals surface area contributed by atoms with Crippen LogP contribution in [0, 0.1) is 5.92 Å². The second kappa shape index (κ2) is 4.78. The average Bonchev–Trinajstić information content (AvgIpc) is 2.50. The molecule has 0 amide bonds. The molecular weight excluding hydrogens is 262 g/mol. The topological polar surface area (TPSA) is 3.24 Å². The summed E-state index contributed by atoms with van der Waals surface area (Å²) >= 11 is 1.90. The van der Waals surface area contributed by atoms with Crippen LogP contribution in [0.15, 0.2) is 23.1 Å². The van der Waals surface area contributed by atoms with Crippen LogP contribution in [0.5, 0.6) is 0 Å². The molecule has 4 rings (SSSR count). The second-order valence-electron chi connectivity index (χ2n) is 7.03. The van der Waals surface area contributed by atoms with Gasteiger partial charge in [0.1, 0.15) is 0 Å². The van der Waals surface area contributed by atoms with Crippen molar-refractivity contribution in [2.75, 3.05) is 19.8 Å². The maximum atomic E-state index is 2.65. The third-order valence-electron chi connectivity index (χ3n) is 6.32. The summed E-state index contributed by atoms with van der Waals surface area (Å²) in [6.07, 6.45) is 10.7. The molecule has 0 N–H and O–H groups in total. The minimum Gasteiger partial charge on any atom is -0.303 e. The molecule has 20 heavy (non-hydrogen) atoms. The molecule has 1 saturated heterocycles. The maximum Gasteiger partial charge on any atom is 0.0169 e. The zero-order valence-electron chi connectivity index (χ0n) is 12.7. The summed E-state index contributed by atoms with van der Waals surface area (Å²) in [5.74, 6) is 0.916. The molecule has 1 aromatic rings.